The van der Waals surface area contributed by atoms with Crippen molar-refractivity contribution in [3.63, 3.8) is 0 Å². The van der Waals surface area contributed by atoms with E-state index in [-0.39, 0.29) is 5.82 Å². The van der Waals surface area contributed by atoms with Gasteiger partial charge in [0, 0.05) is 11.6 Å². The summed E-state index contributed by atoms with van der Waals surface area (Å²) in [5, 5.41) is 40.9. The number of nitrogens with zero attached hydrogens (tertiary/aromatic N) is 1. The highest BCUT2D eigenvalue weighted by atomic mass is 19.1. The van der Waals surface area contributed by atoms with E-state index in [4.69, 9.17) is 4.74 Å². The van der Waals surface area contributed by atoms with E-state index >= 15 is 0 Å². The lowest BCUT2D eigenvalue weighted by molar-refractivity contribution is -0.250. The predicted molar refractivity (Wildman–Crippen MR) is 121 cm³/mol. The molecule has 1 aliphatic heterocycles. The van der Waals surface area contributed by atoms with Crippen LogP contribution < -0.4 is 0 Å². The van der Waals surface area contributed by atoms with Gasteiger partial charge >= 0.3 is 0 Å². The van der Waals surface area contributed by atoms with Gasteiger partial charge in [0.1, 0.15) is 30.2 Å². The van der Waals surface area contributed by atoms with Crippen LogP contribution in [0.15, 0.2) is 48.7 Å². The zero-order valence-corrected chi connectivity index (χ0v) is 18.3. The summed E-state index contributed by atoms with van der Waals surface area (Å²) in [6.45, 7) is -0.519. The van der Waals surface area contributed by atoms with E-state index in [0.717, 1.165) is 11.1 Å². The molecule has 4 N–H and O–H groups in total. The van der Waals surface area contributed by atoms with Crippen LogP contribution >= 0.6 is 0 Å². The maximum atomic E-state index is 14.9. The number of benzene rings is 2. The first-order valence-corrected chi connectivity index (χ1v) is 11.6. The number of rotatable bonds is 5. The minimum atomic E-state index is -1.50. The Kier molecular flexibility index (Phi) is 6.24. The Bertz CT molecular complexity index is 1110. The van der Waals surface area contributed by atoms with E-state index in [0.29, 0.717) is 23.2 Å². The average molecular weight is 456 g/mol. The molecule has 5 atom stereocenters. The lowest BCUT2D eigenvalue weighted by Crippen LogP contribution is -2.56. The molecule has 1 aliphatic carbocycles. The number of aliphatic hydroxyl groups is 4. The molecule has 7 heteroatoms. The largest absolute Gasteiger partial charge is 0.394 e. The molecule has 3 aromatic rings. The van der Waals surface area contributed by atoms with Crippen molar-refractivity contribution in [3.8, 4) is 0 Å². The van der Waals surface area contributed by atoms with E-state index in [1.807, 2.05) is 0 Å². The Morgan fingerprint density at radius 2 is 1.67 bits per heavy atom. The smallest absolute Gasteiger partial charge is 0.163 e. The van der Waals surface area contributed by atoms with Gasteiger partial charge < -0.3 is 29.7 Å². The molecule has 0 bridgehead atoms. The highest BCUT2D eigenvalue weighted by molar-refractivity contribution is 5.85. The number of halogens is 1. The first kappa shape index (κ1) is 22.5. The molecule has 5 rings (SSSR count). The number of fused-ring (bicyclic) bond motifs is 1. The second kappa shape index (κ2) is 9.16. The van der Waals surface area contributed by atoms with Crippen LogP contribution in [0.2, 0.25) is 0 Å². The van der Waals surface area contributed by atoms with Gasteiger partial charge in [-0.1, -0.05) is 43.2 Å². The maximum absolute atomic E-state index is 14.9. The summed E-state index contributed by atoms with van der Waals surface area (Å²) in [5.41, 5.74) is 3.64. The van der Waals surface area contributed by atoms with Crippen molar-refractivity contribution in [1.82, 2.24) is 4.57 Å². The fourth-order valence-electron chi connectivity index (χ4n) is 5.39. The Balaban J connectivity index is 1.49. The predicted octanol–water partition coefficient (Wildman–Crippen LogP) is 3.00. The molecule has 2 heterocycles. The van der Waals surface area contributed by atoms with Gasteiger partial charge in [-0.25, -0.2) is 4.39 Å². The molecule has 1 saturated carbocycles. The first-order valence-electron chi connectivity index (χ1n) is 11.6. The molecule has 2 fully saturated rings. The molecule has 0 amide bonds. The summed E-state index contributed by atoms with van der Waals surface area (Å²) in [7, 11) is 0. The Morgan fingerprint density at radius 3 is 2.36 bits per heavy atom. The molecule has 2 aromatic carbocycles. The molecule has 176 valence electrons. The third-order valence-electron chi connectivity index (χ3n) is 7.23. The van der Waals surface area contributed by atoms with Gasteiger partial charge in [0.25, 0.3) is 0 Å². The number of aromatic nitrogens is 1. The van der Waals surface area contributed by atoms with Gasteiger partial charge in [0.2, 0.25) is 0 Å². The van der Waals surface area contributed by atoms with Crippen LogP contribution in [0, 0.1) is 5.82 Å². The van der Waals surface area contributed by atoms with Crippen molar-refractivity contribution in [3.05, 3.63) is 71.2 Å². The maximum Gasteiger partial charge on any atom is 0.163 e. The summed E-state index contributed by atoms with van der Waals surface area (Å²) in [4.78, 5) is 0. The van der Waals surface area contributed by atoms with Crippen LogP contribution in [-0.2, 0) is 11.2 Å². The average Bonchev–Trinajstić information content (AvgIpc) is 3.48. The van der Waals surface area contributed by atoms with Crippen molar-refractivity contribution in [2.24, 2.45) is 0 Å². The summed E-state index contributed by atoms with van der Waals surface area (Å²) in [5.74, 6) is 0.248. The van der Waals surface area contributed by atoms with E-state index in [1.54, 1.807) is 22.9 Å². The van der Waals surface area contributed by atoms with Gasteiger partial charge in [-0.3, -0.25) is 0 Å². The van der Waals surface area contributed by atoms with Crippen molar-refractivity contribution < 1.29 is 29.6 Å². The molecule has 6 nitrogen and oxygen atoms in total. The molecule has 2 aliphatic rings. The van der Waals surface area contributed by atoms with Crippen LogP contribution in [0.1, 0.15) is 54.5 Å². The van der Waals surface area contributed by atoms with Crippen molar-refractivity contribution in [1.29, 1.82) is 0 Å². The lowest BCUT2D eigenvalue weighted by Gasteiger charge is -2.40. The third-order valence-corrected chi connectivity index (χ3v) is 7.23. The second-order valence-corrected chi connectivity index (χ2v) is 9.31. The van der Waals surface area contributed by atoms with Gasteiger partial charge in [0.15, 0.2) is 6.23 Å². The van der Waals surface area contributed by atoms with Crippen LogP contribution in [0.3, 0.4) is 0 Å². The quantitative estimate of drug-likeness (QED) is 0.475. The zero-order valence-electron chi connectivity index (χ0n) is 18.3. The summed E-state index contributed by atoms with van der Waals surface area (Å²) < 4.78 is 22.2. The molecule has 33 heavy (non-hydrogen) atoms. The summed E-state index contributed by atoms with van der Waals surface area (Å²) in [6, 6.07) is 13.2. The van der Waals surface area contributed by atoms with E-state index in [2.05, 4.69) is 24.3 Å². The van der Waals surface area contributed by atoms with Gasteiger partial charge in [-0.05, 0) is 54.0 Å². The van der Waals surface area contributed by atoms with Gasteiger partial charge in [0.05, 0.1) is 12.1 Å². The standard InChI is InChI=1S/C26H30FNO5/c27-19-6-3-7-20-22(19)18(12-15-8-10-17(11-9-15)16-4-1-2-5-16)13-28(20)26-25(32)24(31)23(30)21(14-29)33-26/h3,6-11,13,16,21,23-26,29-32H,1-2,4-5,12,14H2/t21-,23-,24+,25-,26-/m1/s1. The van der Waals surface area contributed by atoms with Gasteiger partial charge in [-0.2, -0.15) is 0 Å². The van der Waals surface area contributed by atoms with Crippen molar-refractivity contribution in [2.75, 3.05) is 6.61 Å². The minimum Gasteiger partial charge on any atom is -0.394 e. The number of aliphatic hydroxyl groups excluding tert-OH is 4. The normalized spacial score (nSPS) is 28.6. The number of hydrogen-bond donors (Lipinski definition) is 4. The van der Waals surface area contributed by atoms with Crippen molar-refractivity contribution >= 4 is 10.9 Å². The van der Waals surface area contributed by atoms with Crippen molar-refractivity contribution in [2.45, 2.75) is 68.7 Å². The molecule has 0 radical (unpaired) electrons. The Labute approximate surface area is 191 Å². The number of ether oxygens (including phenoxy) is 1. The zero-order chi connectivity index (χ0) is 23.1. The topological polar surface area (TPSA) is 95.1 Å². The monoisotopic (exact) mass is 455 g/mol. The van der Waals surface area contributed by atoms with Crippen LogP contribution in [0.25, 0.3) is 10.9 Å². The van der Waals surface area contributed by atoms with E-state index in [1.165, 1.54) is 37.3 Å². The molecule has 0 unspecified atom stereocenters. The van der Waals surface area contributed by atoms with E-state index < -0.39 is 37.3 Å². The van der Waals surface area contributed by atoms with E-state index in [9.17, 15) is 24.8 Å². The first-order chi connectivity index (χ1) is 16.0. The molecular formula is C26H30FNO5. The Morgan fingerprint density at radius 1 is 0.939 bits per heavy atom. The minimum absolute atomic E-state index is 0.381. The molecule has 0 spiro atoms. The fourth-order valence-corrected chi connectivity index (χ4v) is 5.39. The van der Waals surface area contributed by atoms with Crippen LogP contribution in [0.5, 0.6) is 0 Å². The second-order valence-electron chi connectivity index (χ2n) is 9.31. The molecular weight excluding hydrogens is 425 g/mol. The number of hydrogen-bond acceptors (Lipinski definition) is 5. The lowest BCUT2D eigenvalue weighted by atomic mass is 9.95. The Hall–Kier alpha value is -2.29. The highest BCUT2D eigenvalue weighted by Gasteiger charge is 2.44. The third kappa shape index (κ3) is 4.09. The fraction of sp³-hybridized carbons (Fsp3) is 0.462. The van der Waals surface area contributed by atoms with Gasteiger partial charge in [-0.15, -0.1) is 0 Å². The molecule has 1 saturated heterocycles. The highest BCUT2D eigenvalue weighted by Crippen LogP contribution is 2.36. The molecule has 1 aromatic heterocycles. The van der Waals surface area contributed by atoms with Crippen LogP contribution in [-0.4, -0.2) is 56.0 Å². The SMILES string of the molecule is OC[C@H]1O[C@@H](n2cc(Cc3ccc(C4CCCC4)cc3)c3c(F)cccc32)[C@H](O)[C@@H](O)[C@@H]1O. The summed E-state index contributed by atoms with van der Waals surface area (Å²) in [6.07, 6.45) is 0.740. The summed E-state index contributed by atoms with van der Waals surface area (Å²) >= 11 is 0. The van der Waals surface area contributed by atoms with Crippen LogP contribution in [0.4, 0.5) is 4.39 Å².